The third kappa shape index (κ3) is 6.13. The normalized spacial score (nSPS) is 21.2. The molecule has 3 heterocycles. The van der Waals surface area contributed by atoms with Gasteiger partial charge in [0, 0.05) is 33.8 Å². The zero-order valence-corrected chi connectivity index (χ0v) is 42.6. The van der Waals surface area contributed by atoms with Crippen molar-refractivity contribution < 1.29 is 4.42 Å². The van der Waals surface area contributed by atoms with Crippen LogP contribution in [0.25, 0.3) is 11.0 Å². The van der Waals surface area contributed by atoms with Gasteiger partial charge in [0.25, 0.3) is 6.71 Å². The molecule has 0 saturated carbocycles. The van der Waals surface area contributed by atoms with Crippen molar-refractivity contribution in [3.05, 3.63) is 123 Å². The largest absolute Gasteiger partial charge is 0.468 e. The van der Waals surface area contributed by atoms with Gasteiger partial charge in [-0.25, -0.2) is 0 Å². The quantitative estimate of drug-likeness (QED) is 0.161. The number of hydrogen-bond acceptors (Lipinski definition) is 3. The second-order valence-corrected chi connectivity index (χ2v) is 26.3. The minimum Gasteiger partial charge on any atom is -0.468 e. The number of benzene rings is 5. The zero-order chi connectivity index (χ0) is 46.3. The number of aryl methyl sites for hydroxylation is 1. The van der Waals surface area contributed by atoms with E-state index in [0.717, 1.165) is 11.2 Å². The highest BCUT2D eigenvalue weighted by atomic mass is 16.3. The van der Waals surface area contributed by atoms with Crippen LogP contribution in [0.1, 0.15) is 187 Å². The molecule has 5 aromatic carbocycles. The maximum absolute atomic E-state index is 7.66. The lowest BCUT2D eigenvalue weighted by molar-refractivity contribution is 0.332. The Balaban J connectivity index is 1.27. The maximum Gasteiger partial charge on any atom is 0.297 e. The highest BCUT2D eigenvalue weighted by Crippen LogP contribution is 2.55. The van der Waals surface area contributed by atoms with Gasteiger partial charge in [-0.1, -0.05) is 134 Å². The topological polar surface area (TPSA) is 19.6 Å². The predicted molar refractivity (Wildman–Crippen MR) is 280 cm³/mol. The molecule has 0 N–H and O–H groups in total. The van der Waals surface area contributed by atoms with Crippen molar-refractivity contribution in [2.45, 2.75) is 187 Å². The molecular weight excluding hydrogens is 787 g/mol. The van der Waals surface area contributed by atoms with E-state index in [0.29, 0.717) is 0 Å². The summed E-state index contributed by atoms with van der Waals surface area (Å²) < 4.78 is 7.66. The number of anilines is 6. The predicted octanol–water partition coefficient (Wildman–Crippen LogP) is 15.2. The summed E-state index contributed by atoms with van der Waals surface area (Å²) in [5.41, 5.74) is 24.2. The van der Waals surface area contributed by atoms with Crippen LogP contribution in [-0.4, -0.2) is 6.71 Å². The molecule has 3 aliphatic carbocycles. The van der Waals surface area contributed by atoms with Crippen LogP contribution in [0.5, 0.6) is 0 Å². The van der Waals surface area contributed by atoms with Gasteiger partial charge in [-0.15, -0.1) is 0 Å². The number of hydrogen-bond donors (Lipinski definition) is 0. The summed E-state index contributed by atoms with van der Waals surface area (Å²) >= 11 is 0. The standard InChI is InChI=1S/C61H73BN2O/c1-36-30-37(55(2,3)4)20-23-47(36)64-49-19-17-18-48-52(49)62(46-33-43-44(34-50(46)64)60(13,14)28-27-59(43,11)12)54-53(39-32-42-45(35-51(39)65-54)61(15,16)29-26-58(42,9)10)63(48)38-21-22-40-41(31-38)57(7,8)25-24-56(40,5)6/h17-23,30-35H,24-29H2,1-16H3. The van der Waals surface area contributed by atoms with E-state index in [1.165, 1.54) is 133 Å². The third-order valence-corrected chi connectivity index (χ3v) is 17.9. The van der Waals surface area contributed by atoms with E-state index in [2.05, 4.69) is 199 Å². The Kier molecular flexibility index (Phi) is 8.75. The minimum absolute atomic E-state index is 0.0477. The molecule has 0 unspecified atom stereocenters. The Hall–Kier alpha value is -4.70. The van der Waals surface area contributed by atoms with Crippen LogP contribution in [0.4, 0.5) is 34.1 Å². The summed E-state index contributed by atoms with van der Waals surface area (Å²) in [4.78, 5) is 5.27. The molecule has 5 aliphatic rings. The van der Waals surface area contributed by atoms with Crippen LogP contribution in [0, 0.1) is 6.92 Å². The van der Waals surface area contributed by atoms with Gasteiger partial charge in [0.2, 0.25) is 0 Å². The van der Waals surface area contributed by atoms with Crippen LogP contribution in [0.3, 0.4) is 0 Å². The van der Waals surface area contributed by atoms with Crippen molar-refractivity contribution in [1.82, 2.24) is 0 Å². The summed E-state index contributed by atoms with van der Waals surface area (Å²) in [6.45, 7) is 38.7. The zero-order valence-electron chi connectivity index (χ0n) is 42.6. The first-order valence-corrected chi connectivity index (χ1v) is 25.0. The van der Waals surface area contributed by atoms with Gasteiger partial charge in [0.15, 0.2) is 0 Å². The van der Waals surface area contributed by atoms with Gasteiger partial charge < -0.3 is 14.2 Å². The molecule has 0 atom stereocenters. The number of furan rings is 1. The average molecular weight is 861 g/mol. The van der Waals surface area contributed by atoms with Gasteiger partial charge in [-0.2, -0.15) is 0 Å². The van der Waals surface area contributed by atoms with Gasteiger partial charge in [0.1, 0.15) is 5.58 Å². The molecule has 2 aliphatic heterocycles. The van der Waals surface area contributed by atoms with Crippen molar-refractivity contribution in [2.75, 3.05) is 9.80 Å². The van der Waals surface area contributed by atoms with Gasteiger partial charge in [-0.05, 0) is 187 Å². The summed E-state index contributed by atoms with van der Waals surface area (Å²) in [5, 5.41) is 1.23. The van der Waals surface area contributed by atoms with Gasteiger partial charge >= 0.3 is 0 Å². The lowest BCUT2D eigenvalue weighted by Crippen LogP contribution is -2.61. The summed E-state index contributed by atoms with van der Waals surface area (Å²) in [6.07, 6.45) is 7.04. The lowest BCUT2D eigenvalue weighted by Gasteiger charge is -2.47. The summed E-state index contributed by atoms with van der Waals surface area (Å²) in [5.74, 6) is 0. The Bertz CT molecular complexity index is 3020. The Morgan fingerprint density at radius 1 is 0.492 bits per heavy atom. The molecule has 4 heteroatoms. The minimum atomic E-state index is -0.0857. The number of rotatable bonds is 2. The molecule has 11 rings (SSSR count). The fourth-order valence-electron chi connectivity index (χ4n) is 13.2. The van der Waals surface area contributed by atoms with E-state index >= 15 is 0 Å². The monoisotopic (exact) mass is 861 g/mol. The van der Waals surface area contributed by atoms with E-state index in [4.69, 9.17) is 4.42 Å². The molecule has 0 saturated heterocycles. The highest BCUT2D eigenvalue weighted by molar-refractivity contribution is 7.00. The molecular formula is C61H73BN2O. The van der Waals surface area contributed by atoms with Crippen molar-refractivity contribution in [3.8, 4) is 0 Å². The molecule has 3 nitrogen and oxygen atoms in total. The van der Waals surface area contributed by atoms with E-state index in [-0.39, 0.29) is 44.6 Å². The van der Waals surface area contributed by atoms with E-state index in [9.17, 15) is 0 Å². The second-order valence-electron chi connectivity index (χ2n) is 26.3. The first-order chi connectivity index (χ1) is 30.2. The van der Waals surface area contributed by atoms with Crippen LogP contribution >= 0.6 is 0 Å². The molecule has 0 bridgehead atoms. The fraction of sp³-hybridized carbons (Fsp3) is 0.475. The van der Waals surface area contributed by atoms with Crippen LogP contribution < -0.4 is 26.4 Å². The smallest absolute Gasteiger partial charge is 0.297 e. The SMILES string of the molecule is Cc1cc(C(C)(C)C)ccc1N1c2cc3c(cc2B2c4oc5cc6c(cc5c4N(c4ccc5c(c4)C(C)(C)CCC5(C)C)c4cccc1c42)C(C)(C)CCC6(C)C)C(C)(C)CCC3(C)C. The van der Waals surface area contributed by atoms with Crippen LogP contribution in [0.15, 0.2) is 83.3 Å². The molecule has 0 radical (unpaired) electrons. The fourth-order valence-corrected chi connectivity index (χ4v) is 13.2. The summed E-state index contributed by atoms with van der Waals surface area (Å²) in [6, 6.07) is 32.1. The number of nitrogens with zero attached hydrogens (tertiary/aromatic N) is 2. The van der Waals surface area contributed by atoms with Gasteiger partial charge in [0.05, 0.1) is 11.3 Å². The first kappa shape index (κ1) is 42.9. The maximum atomic E-state index is 7.66. The lowest BCUT2D eigenvalue weighted by atomic mass is 9.35. The Labute approximate surface area is 391 Å². The highest BCUT2D eigenvalue weighted by Gasteiger charge is 2.50. The second kappa shape index (κ2) is 13.3. The average Bonchev–Trinajstić information content (AvgIpc) is 3.60. The van der Waals surface area contributed by atoms with Crippen LogP contribution in [0.2, 0.25) is 0 Å². The Morgan fingerprint density at radius 2 is 1.00 bits per heavy atom. The molecule has 1 aromatic heterocycles. The van der Waals surface area contributed by atoms with Crippen molar-refractivity contribution in [1.29, 1.82) is 0 Å². The van der Waals surface area contributed by atoms with Crippen molar-refractivity contribution >= 4 is 68.4 Å². The van der Waals surface area contributed by atoms with Crippen molar-refractivity contribution in [3.63, 3.8) is 0 Å². The molecule has 0 amide bonds. The van der Waals surface area contributed by atoms with Crippen molar-refractivity contribution in [2.24, 2.45) is 0 Å². The molecule has 0 spiro atoms. The van der Waals surface area contributed by atoms with Crippen LogP contribution in [-0.2, 0) is 37.9 Å². The number of fused-ring (bicyclic) bond motifs is 9. The van der Waals surface area contributed by atoms with E-state index in [1.807, 2.05) is 0 Å². The summed E-state index contributed by atoms with van der Waals surface area (Å²) in [7, 11) is 0. The molecule has 336 valence electrons. The first-order valence-electron chi connectivity index (χ1n) is 25.0. The molecule has 65 heavy (non-hydrogen) atoms. The van der Waals surface area contributed by atoms with E-state index < -0.39 is 0 Å². The van der Waals surface area contributed by atoms with Gasteiger partial charge in [-0.3, -0.25) is 0 Å². The molecule has 6 aromatic rings. The Morgan fingerprint density at radius 3 is 1.57 bits per heavy atom. The van der Waals surface area contributed by atoms with E-state index in [1.54, 1.807) is 0 Å². The third-order valence-electron chi connectivity index (χ3n) is 17.9. The molecule has 0 fully saturated rings.